The zero-order chi connectivity index (χ0) is 7.28. The van der Waals surface area contributed by atoms with Gasteiger partial charge in [-0.2, -0.15) is 0 Å². The van der Waals surface area contributed by atoms with Crippen molar-refractivity contribution in [3.8, 4) is 0 Å². The summed E-state index contributed by atoms with van der Waals surface area (Å²) in [5.41, 5.74) is 0. The Morgan fingerprint density at radius 1 is 1.78 bits per heavy atom. The molecule has 0 aromatic rings. The zero-order valence-electron chi connectivity index (χ0n) is 5.51. The summed E-state index contributed by atoms with van der Waals surface area (Å²) in [6, 6.07) is 0. The highest BCUT2D eigenvalue weighted by molar-refractivity contribution is 5.66. The molecule has 0 spiro atoms. The topological polar surface area (TPSA) is 43.4 Å². The van der Waals surface area contributed by atoms with E-state index in [9.17, 15) is 9.59 Å². The Hall–Kier alpha value is -0.860. The smallest absolute Gasteiger partial charge is 0.302 e. The van der Waals surface area contributed by atoms with Crippen molar-refractivity contribution in [3.63, 3.8) is 0 Å². The second-order valence-corrected chi connectivity index (χ2v) is 1.77. The fourth-order valence-corrected chi connectivity index (χ4v) is 0.442. The molecule has 1 atom stereocenters. The molecule has 0 amide bonds. The van der Waals surface area contributed by atoms with Crippen LogP contribution in [0.15, 0.2) is 0 Å². The third-order valence-corrected chi connectivity index (χ3v) is 0.738. The second-order valence-electron chi connectivity index (χ2n) is 1.77. The van der Waals surface area contributed by atoms with Crippen molar-refractivity contribution in [2.45, 2.75) is 26.4 Å². The van der Waals surface area contributed by atoms with Crippen LogP contribution in [0.4, 0.5) is 0 Å². The molecule has 0 aromatic heterocycles. The number of esters is 1. The van der Waals surface area contributed by atoms with E-state index in [1.807, 2.05) is 0 Å². The van der Waals surface area contributed by atoms with Gasteiger partial charge in [0.05, 0.1) is 6.42 Å². The molecule has 0 aliphatic rings. The second kappa shape index (κ2) is 4.06. The van der Waals surface area contributed by atoms with Gasteiger partial charge in [-0.1, -0.05) is 0 Å². The van der Waals surface area contributed by atoms with Crippen molar-refractivity contribution in [1.29, 1.82) is 0 Å². The fraction of sp³-hybridized carbons (Fsp3) is 0.667. The Labute approximate surface area is 54.0 Å². The van der Waals surface area contributed by atoms with Gasteiger partial charge in [0.2, 0.25) is 6.29 Å². The molecule has 0 saturated heterocycles. The van der Waals surface area contributed by atoms with Crippen LogP contribution in [-0.4, -0.2) is 18.4 Å². The normalized spacial score (nSPS) is 12.2. The van der Waals surface area contributed by atoms with E-state index >= 15 is 0 Å². The van der Waals surface area contributed by atoms with Gasteiger partial charge in [0.15, 0.2) is 0 Å². The summed E-state index contributed by atoms with van der Waals surface area (Å²) < 4.78 is 4.59. The maximum absolute atomic E-state index is 10.2. The van der Waals surface area contributed by atoms with E-state index in [1.54, 1.807) is 13.2 Å². The van der Waals surface area contributed by atoms with Crippen LogP contribution < -0.4 is 0 Å². The molecule has 0 bridgehead atoms. The Kier molecular flexibility index (Phi) is 3.67. The van der Waals surface area contributed by atoms with Crippen molar-refractivity contribution in [1.82, 2.24) is 0 Å². The number of ether oxygens (including phenoxy) is 1. The van der Waals surface area contributed by atoms with Crippen LogP contribution in [0.25, 0.3) is 0 Å². The van der Waals surface area contributed by atoms with Crippen LogP contribution in [0.3, 0.4) is 0 Å². The first-order valence-corrected chi connectivity index (χ1v) is 2.69. The van der Waals surface area contributed by atoms with E-state index in [-0.39, 0.29) is 18.5 Å². The largest absolute Gasteiger partial charge is 0.462 e. The van der Waals surface area contributed by atoms with E-state index in [0.717, 1.165) is 0 Å². The Bertz CT molecular complexity index is 109. The van der Waals surface area contributed by atoms with Gasteiger partial charge in [0.1, 0.15) is 6.10 Å². The molecule has 0 fully saturated rings. The predicted molar refractivity (Wildman–Crippen MR) is 31.5 cm³/mol. The molecule has 9 heavy (non-hydrogen) atoms. The van der Waals surface area contributed by atoms with Crippen LogP contribution in [0, 0.1) is 0 Å². The van der Waals surface area contributed by atoms with Gasteiger partial charge < -0.3 is 4.74 Å². The fourth-order valence-electron chi connectivity index (χ4n) is 0.442. The predicted octanol–water partition coefficient (Wildman–Crippen LogP) is 0.438. The Morgan fingerprint density at radius 2 is 2.33 bits per heavy atom. The molecule has 0 rings (SSSR count). The first-order valence-electron chi connectivity index (χ1n) is 2.69. The average Bonchev–Trinajstić information content (AvgIpc) is 1.63. The molecule has 0 aromatic carbocycles. The van der Waals surface area contributed by atoms with Crippen LogP contribution in [0.1, 0.15) is 20.3 Å². The van der Waals surface area contributed by atoms with Gasteiger partial charge in [-0.3, -0.25) is 9.59 Å². The maximum Gasteiger partial charge on any atom is 0.302 e. The van der Waals surface area contributed by atoms with Crippen molar-refractivity contribution in [2.75, 3.05) is 0 Å². The molecule has 1 radical (unpaired) electrons. The molecule has 1 unspecified atom stereocenters. The third kappa shape index (κ3) is 5.00. The molecule has 0 heterocycles. The van der Waals surface area contributed by atoms with Crippen molar-refractivity contribution < 1.29 is 14.3 Å². The first-order chi connectivity index (χ1) is 4.16. The zero-order valence-corrected chi connectivity index (χ0v) is 5.51. The SMILES string of the molecule is CC(=O)OC(C)C[C]=O. The highest BCUT2D eigenvalue weighted by Gasteiger charge is 2.02. The summed E-state index contributed by atoms with van der Waals surface area (Å²) in [7, 11) is 0. The molecular formula is C6H9O3. The summed E-state index contributed by atoms with van der Waals surface area (Å²) in [5, 5.41) is 0. The van der Waals surface area contributed by atoms with Gasteiger partial charge in [-0.05, 0) is 6.92 Å². The van der Waals surface area contributed by atoms with Gasteiger partial charge >= 0.3 is 5.97 Å². The Morgan fingerprint density at radius 3 is 2.67 bits per heavy atom. The minimum Gasteiger partial charge on any atom is -0.462 e. The third-order valence-electron chi connectivity index (χ3n) is 0.738. The summed E-state index contributed by atoms with van der Waals surface area (Å²) in [5.74, 6) is -0.363. The number of hydrogen-bond acceptors (Lipinski definition) is 3. The Balaban J connectivity index is 3.37. The van der Waals surface area contributed by atoms with E-state index < -0.39 is 0 Å². The minimum atomic E-state index is -0.363. The number of carbonyl (C=O) groups excluding carboxylic acids is 2. The van der Waals surface area contributed by atoms with Gasteiger partial charge in [0, 0.05) is 6.92 Å². The lowest BCUT2D eigenvalue weighted by atomic mass is 10.3. The van der Waals surface area contributed by atoms with E-state index in [0.29, 0.717) is 0 Å². The molecule has 3 nitrogen and oxygen atoms in total. The van der Waals surface area contributed by atoms with Gasteiger partial charge in [-0.15, -0.1) is 0 Å². The average molecular weight is 129 g/mol. The van der Waals surface area contributed by atoms with Gasteiger partial charge in [-0.25, -0.2) is 0 Å². The number of rotatable bonds is 3. The highest BCUT2D eigenvalue weighted by Crippen LogP contribution is 1.93. The van der Waals surface area contributed by atoms with Gasteiger partial charge in [0.25, 0.3) is 0 Å². The molecule has 0 aliphatic heterocycles. The first kappa shape index (κ1) is 8.14. The summed E-state index contributed by atoms with van der Waals surface area (Å²) in [6.45, 7) is 2.95. The molecular weight excluding hydrogens is 120 g/mol. The summed E-state index contributed by atoms with van der Waals surface area (Å²) in [6.07, 6.45) is 1.46. The monoisotopic (exact) mass is 129 g/mol. The lowest BCUT2D eigenvalue weighted by molar-refractivity contribution is -0.145. The maximum atomic E-state index is 10.2. The van der Waals surface area contributed by atoms with Crippen LogP contribution in [0.5, 0.6) is 0 Å². The molecule has 51 valence electrons. The van der Waals surface area contributed by atoms with Crippen molar-refractivity contribution in [3.05, 3.63) is 0 Å². The van der Waals surface area contributed by atoms with E-state index in [1.165, 1.54) is 6.92 Å². The van der Waals surface area contributed by atoms with Crippen LogP contribution in [-0.2, 0) is 14.3 Å². The molecule has 3 heteroatoms. The summed E-state index contributed by atoms with van der Waals surface area (Å²) in [4.78, 5) is 19.9. The van der Waals surface area contributed by atoms with E-state index in [2.05, 4.69) is 4.74 Å². The van der Waals surface area contributed by atoms with Crippen LogP contribution >= 0.6 is 0 Å². The summed E-state index contributed by atoms with van der Waals surface area (Å²) >= 11 is 0. The molecule has 0 N–H and O–H groups in total. The lowest BCUT2D eigenvalue weighted by Gasteiger charge is -2.05. The number of carbonyl (C=O) groups is 1. The lowest BCUT2D eigenvalue weighted by Crippen LogP contribution is -2.11. The van der Waals surface area contributed by atoms with Crippen molar-refractivity contribution >= 4 is 12.3 Å². The minimum absolute atomic E-state index is 0.152. The van der Waals surface area contributed by atoms with Crippen molar-refractivity contribution in [2.24, 2.45) is 0 Å². The number of hydrogen-bond donors (Lipinski definition) is 0. The molecule has 0 aliphatic carbocycles. The van der Waals surface area contributed by atoms with Crippen LogP contribution in [0.2, 0.25) is 0 Å². The standard InChI is InChI=1S/C6H9O3/c1-5(3-4-7)9-6(2)8/h5H,3H2,1-2H3. The highest BCUT2D eigenvalue weighted by atomic mass is 16.5. The van der Waals surface area contributed by atoms with E-state index in [4.69, 9.17) is 0 Å². The molecule has 0 saturated carbocycles. The quantitative estimate of drug-likeness (QED) is 0.519.